The minimum absolute atomic E-state index is 0.954. The van der Waals surface area contributed by atoms with E-state index in [1.165, 1.54) is 0 Å². The Bertz CT molecular complexity index is 585. The minimum atomic E-state index is 0.954. The summed E-state index contributed by atoms with van der Waals surface area (Å²) in [5.74, 6) is 0. The second-order valence-electron chi connectivity index (χ2n) is 3.28. The summed E-state index contributed by atoms with van der Waals surface area (Å²) in [7, 11) is 0. The van der Waals surface area contributed by atoms with E-state index in [0.29, 0.717) is 0 Å². The number of hydrogen-bond donors (Lipinski definition) is 0. The first kappa shape index (κ1) is 8.17. The lowest BCUT2D eigenvalue weighted by Gasteiger charge is -2.02. The van der Waals surface area contributed by atoms with Gasteiger partial charge in [0.15, 0.2) is 0 Å². The van der Waals surface area contributed by atoms with E-state index in [0.717, 1.165) is 16.6 Å². The highest BCUT2D eigenvalue weighted by molar-refractivity contribution is 5.79. The topological polar surface area (TPSA) is 30.7 Å². The molecule has 0 aliphatic carbocycles. The molecule has 71 valence electrons. The van der Waals surface area contributed by atoms with Crippen molar-refractivity contribution < 1.29 is 0 Å². The van der Waals surface area contributed by atoms with Crippen LogP contribution in [0.15, 0.2) is 48.8 Å². The van der Waals surface area contributed by atoms with Crippen molar-refractivity contribution in [2.75, 3.05) is 0 Å². The molecule has 0 N–H and O–H groups in total. The van der Waals surface area contributed by atoms with E-state index in [2.05, 4.69) is 22.3 Å². The molecule has 2 aromatic heterocycles. The summed E-state index contributed by atoms with van der Waals surface area (Å²) in [5, 5.41) is 5.16. The molecule has 0 aliphatic heterocycles. The van der Waals surface area contributed by atoms with Gasteiger partial charge in [0, 0.05) is 11.6 Å². The summed E-state index contributed by atoms with van der Waals surface area (Å²) >= 11 is 0. The van der Waals surface area contributed by atoms with Gasteiger partial charge in [-0.1, -0.05) is 18.2 Å². The number of fused-ring (bicyclic) bond motifs is 1. The van der Waals surface area contributed by atoms with Crippen LogP contribution in [0.4, 0.5) is 0 Å². The number of aromatic nitrogens is 3. The first-order valence-corrected chi connectivity index (χ1v) is 4.70. The van der Waals surface area contributed by atoms with Gasteiger partial charge in [0.25, 0.3) is 0 Å². The van der Waals surface area contributed by atoms with Gasteiger partial charge in [-0.15, -0.1) is 0 Å². The maximum absolute atomic E-state index is 4.36. The van der Waals surface area contributed by atoms with Crippen LogP contribution in [-0.2, 0) is 0 Å². The Morgan fingerprint density at radius 2 is 2.13 bits per heavy atom. The fourth-order valence-electron chi connectivity index (χ4n) is 1.56. The average molecular weight is 194 g/mol. The van der Waals surface area contributed by atoms with Gasteiger partial charge in [-0.25, -0.2) is 4.68 Å². The fraction of sp³-hybridized carbons (Fsp3) is 0. The lowest BCUT2D eigenvalue weighted by atomic mass is 10.2. The molecule has 3 aromatic rings. The normalized spacial score (nSPS) is 10.7. The van der Waals surface area contributed by atoms with E-state index >= 15 is 0 Å². The van der Waals surface area contributed by atoms with Gasteiger partial charge in [0.2, 0.25) is 0 Å². The van der Waals surface area contributed by atoms with Crippen LogP contribution >= 0.6 is 0 Å². The lowest BCUT2D eigenvalue weighted by molar-refractivity contribution is 0.874. The highest BCUT2D eigenvalue weighted by Crippen LogP contribution is 2.14. The van der Waals surface area contributed by atoms with Crippen molar-refractivity contribution in [3.05, 3.63) is 55.0 Å². The highest BCUT2D eigenvalue weighted by atomic mass is 15.3. The van der Waals surface area contributed by atoms with Crippen LogP contribution < -0.4 is 0 Å². The molecule has 3 rings (SSSR count). The third-order valence-corrected chi connectivity index (χ3v) is 2.30. The molecule has 0 fully saturated rings. The van der Waals surface area contributed by atoms with Gasteiger partial charge in [0.1, 0.15) is 6.20 Å². The molecule has 0 saturated heterocycles. The zero-order chi connectivity index (χ0) is 10.1. The zero-order valence-corrected chi connectivity index (χ0v) is 7.96. The smallest absolute Gasteiger partial charge is 0.113 e. The lowest BCUT2D eigenvalue weighted by Crippen LogP contribution is -1.94. The van der Waals surface area contributed by atoms with Crippen molar-refractivity contribution >= 4 is 10.9 Å². The van der Waals surface area contributed by atoms with Crippen molar-refractivity contribution in [3.8, 4) is 5.69 Å². The molecule has 1 aromatic carbocycles. The first-order valence-electron chi connectivity index (χ1n) is 4.70. The van der Waals surface area contributed by atoms with Crippen LogP contribution in [0.3, 0.4) is 0 Å². The van der Waals surface area contributed by atoms with Crippen molar-refractivity contribution in [1.82, 2.24) is 14.8 Å². The predicted molar refractivity (Wildman–Crippen MR) is 57.7 cm³/mol. The van der Waals surface area contributed by atoms with E-state index < -0.39 is 0 Å². The van der Waals surface area contributed by atoms with Crippen molar-refractivity contribution in [2.45, 2.75) is 0 Å². The maximum Gasteiger partial charge on any atom is 0.113 e. The number of nitrogens with zero attached hydrogens (tertiary/aromatic N) is 3. The molecule has 0 unspecified atom stereocenters. The van der Waals surface area contributed by atoms with E-state index in [1.807, 2.05) is 36.7 Å². The van der Waals surface area contributed by atoms with Gasteiger partial charge in [-0.2, -0.15) is 5.10 Å². The second-order valence-corrected chi connectivity index (χ2v) is 3.28. The molecule has 0 saturated carbocycles. The van der Waals surface area contributed by atoms with Gasteiger partial charge in [0.05, 0.1) is 17.4 Å². The number of hydrogen-bond acceptors (Lipinski definition) is 2. The standard InChI is InChI=1S/C12H8N3/c1-2-5-12-10(4-1)8-11(9-13-12)15-7-3-6-14-15/h1-5,7-9H. The molecule has 0 atom stereocenters. The third-order valence-electron chi connectivity index (χ3n) is 2.30. The highest BCUT2D eigenvalue weighted by Gasteiger charge is 1.98. The molecule has 0 aliphatic rings. The first-order chi connectivity index (χ1) is 7.43. The molecule has 2 heterocycles. The van der Waals surface area contributed by atoms with E-state index in [-0.39, 0.29) is 0 Å². The Balaban J connectivity index is 2.22. The number of benzene rings is 1. The Hall–Kier alpha value is -2.16. The van der Waals surface area contributed by atoms with Crippen molar-refractivity contribution in [3.63, 3.8) is 0 Å². The summed E-state index contributed by atoms with van der Waals surface area (Å²) in [6.07, 6.45) is 6.42. The molecular weight excluding hydrogens is 186 g/mol. The molecule has 0 amide bonds. The summed E-state index contributed by atoms with van der Waals surface area (Å²) in [6, 6.07) is 11.9. The van der Waals surface area contributed by atoms with E-state index in [4.69, 9.17) is 0 Å². The molecule has 1 radical (unpaired) electrons. The van der Waals surface area contributed by atoms with Gasteiger partial charge >= 0.3 is 0 Å². The molecular formula is C12H8N3. The quantitative estimate of drug-likeness (QED) is 0.594. The Morgan fingerprint density at radius 1 is 1.20 bits per heavy atom. The fourth-order valence-corrected chi connectivity index (χ4v) is 1.56. The predicted octanol–water partition coefficient (Wildman–Crippen LogP) is 2.22. The van der Waals surface area contributed by atoms with Gasteiger partial charge < -0.3 is 0 Å². The molecule has 3 nitrogen and oxygen atoms in total. The summed E-state index contributed by atoms with van der Waals surface area (Å²) in [5.41, 5.74) is 1.95. The third kappa shape index (κ3) is 1.38. The van der Waals surface area contributed by atoms with E-state index in [9.17, 15) is 0 Å². The van der Waals surface area contributed by atoms with E-state index in [1.54, 1.807) is 10.7 Å². The summed E-state index contributed by atoms with van der Waals surface area (Å²) < 4.78 is 1.75. The number of pyridine rings is 1. The second kappa shape index (κ2) is 3.20. The van der Waals surface area contributed by atoms with Crippen LogP contribution in [-0.4, -0.2) is 14.8 Å². The van der Waals surface area contributed by atoms with Crippen LogP contribution in [0.1, 0.15) is 0 Å². The number of rotatable bonds is 1. The Kier molecular flexibility index (Phi) is 1.75. The van der Waals surface area contributed by atoms with Gasteiger partial charge in [-0.05, 0) is 18.2 Å². The van der Waals surface area contributed by atoms with Crippen molar-refractivity contribution in [1.29, 1.82) is 0 Å². The monoisotopic (exact) mass is 194 g/mol. The molecule has 15 heavy (non-hydrogen) atoms. The van der Waals surface area contributed by atoms with Crippen LogP contribution in [0.25, 0.3) is 16.6 Å². The Labute approximate surface area is 87.0 Å². The Morgan fingerprint density at radius 3 is 3.00 bits per heavy atom. The van der Waals surface area contributed by atoms with Crippen LogP contribution in [0.5, 0.6) is 0 Å². The zero-order valence-electron chi connectivity index (χ0n) is 7.96. The summed E-state index contributed by atoms with van der Waals surface area (Å²) in [6.45, 7) is 0. The largest absolute Gasteiger partial charge is 0.254 e. The number of para-hydroxylation sites is 1. The van der Waals surface area contributed by atoms with Crippen molar-refractivity contribution in [2.24, 2.45) is 0 Å². The molecule has 3 heteroatoms. The van der Waals surface area contributed by atoms with Crippen LogP contribution in [0, 0.1) is 6.20 Å². The molecule has 0 bridgehead atoms. The van der Waals surface area contributed by atoms with Crippen LogP contribution in [0.2, 0.25) is 0 Å². The molecule has 0 spiro atoms. The minimum Gasteiger partial charge on any atom is -0.254 e. The maximum atomic E-state index is 4.36. The SMILES string of the molecule is [c]1ccn(-c2cnc3ccccc3c2)n1. The average Bonchev–Trinajstić information content (AvgIpc) is 2.82. The summed E-state index contributed by atoms with van der Waals surface area (Å²) in [4.78, 5) is 4.36. The van der Waals surface area contributed by atoms with Gasteiger partial charge in [-0.3, -0.25) is 4.98 Å².